The van der Waals surface area contributed by atoms with E-state index in [1.807, 2.05) is 6.92 Å². The van der Waals surface area contributed by atoms with Crippen molar-refractivity contribution in [3.8, 4) is 0 Å². The van der Waals surface area contributed by atoms with Crippen LogP contribution in [0.4, 0.5) is 4.39 Å². The van der Waals surface area contributed by atoms with Crippen molar-refractivity contribution in [2.75, 3.05) is 19.7 Å². The van der Waals surface area contributed by atoms with Crippen LogP contribution < -0.4 is 5.32 Å². The lowest BCUT2D eigenvalue weighted by atomic mass is 10.2. The molecule has 2 nitrogen and oxygen atoms in total. The van der Waals surface area contributed by atoms with Crippen LogP contribution in [0.1, 0.15) is 12.5 Å². The maximum absolute atomic E-state index is 13.2. The molecule has 0 atom stereocenters. The Morgan fingerprint density at radius 1 is 1.47 bits per heavy atom. The van der Waals surface area contributed by atoms with E-state index in [1.54, 1.807) is 12.1 Å². The van der Waals surface area contributed by atoms with E-state index in [0.717, 1.165) is 13.1 Å². The van der Waals surface area contributed by atoms with Gasteiger partial charge in [-0.1, -0.05) is 24.6 Å². The van der Waals surface area contributed by atoms with E-state index in [-0.39, 0.29) is 12.4 Å². The fourth-order valence-corrected chi connectivity index (χ4v) is 1.38. The molecule has 0 heterocycles. The van der Waals surface area contributed by atoms with E-state index >= 15 is 0 Å². The molecule has 15 heavy (non-hydrogen) atoms. The van der Waals surface area contributed by atoms with Crippen LogP contribution in [0.3, 0.4) is 0 Å². The highest BCUT2D eigenvalue weighted by Crippen LogP contribution is 2.19. The van der Waals surface area contributed by atoms with Gasteiger partial charge in [0.25, 0.3) is 0 Å². The number of rotatable bonds is 6. The summed E-state index contributed by atoms with van der Waals surface area (Å²) in [6.07, 6.45) is 0. The molecule has 0 radical (unpaired) electrons. The molecule has 1 N–H and O–H groups in total. The standard InChI is InChI=1S/C11H15ClFNO/c1-2-14-6-7-15-8-9-10(12)4-3-5-11(9)13/h3-5,14H,2,6-8H2,1H3. The zero-order valence-corrected chi connectivity index (χ0v) is 9.48. The SMILES string of the molecule is CCNCCOCc1c(F)cccc1Cl. The molecule has 1 rings (SSSR count). The zero-order valence-electron chi connectivity index (χ0n) is 8.72. The summed E-state index contributed by atoms with van der Waals surface area (Å²) >= 11 is 5.83. The van der Waals surface area contributed by atoms with E-state index in [4.69, 9.17) is 16.3 Å². The van der Waals surface area contributed by atoms with Gasteiger partial charge in [0.05, 0.1) is 13.2 Å². The molecule has 0 fully saturated rings. The smallest absolute Gasteiger partial charge is 0.130 e. The summed E-state index contributed by atoms with van der Waals surface area (Å²) in [7, 11) is 0. The lowest BCUT2D eigenvalue weighted by molar-refractivity contribution is 0.121. The van der Waals surface area contributed by atoms with Crippen molar-refractivity contribution < 1.29 is 9.13 Å². The highest BCUT2D eigenvalue weighted by molar-refractivity contribution is 6.31. The highest BCUT2D eigenvalue weighted by Gasteiger charge is 2.05. The van der Waals surface area contributed by atoms with E-state index in [9.17, 15) is 4.39 Å². The molecule has 0 aliphatic rings. The van der Waals surface area contributed by atoms with Crippen LogP contribution in [0.2, 0.25) is 5.02 Å². The van der Waals surface area contributed by atoms with Gasteiger partial charge in [-0.25, -0.2) is 4.39 Å². The monoisotopic (exact) mass is 231 g/mol. The van der Waals surface area contributed by atoms with Gasteiger partial charge >= 0.3 is 0 Å². The molecule has 0 unspecified atom stereocenters. The third kappa shape index (κ3) is 4.16. The first-order chi connectivity index (χ1) is 7.25. The van der Waals surface area contributed by atoms with Gasteiger partial charge < -0.3 is 10.1 Å². The largest absolute Gasteiger partial charge is 0.375 e. The summed E-state index contributed by atoms with van der Waals surface area (Å²) in [5.41, 5.74) is 0.427. The molecule has 4 heteroatoms. The van der Waals surface area contributed by atoms with Gasteiger partial charge in [-0.05, 0) is 18.7 Å². The van der Waals surface area contributed by atoms with Gasteiger partial charge in [-0.15, -0.1) is 0 Å². The second-order valence-corrected chi connectivity index (χ2v) is 3.51. The molecule has 0 saturated heterocycles. The van der Waals surface area contributed by atoms with Crippen LogP contribution in [-0.4, -0.2) is 19.7 Å². The van der Waals surface area contributed by atoms with Crippen molar-refractivity contribution in [3.63, 3.8) is 0 Å². The van der Waals surface area contributed by atoms with Crippen molar-refractivity contribution in [1.82, 2.24) is 5.32 Å². The Morgan fingerprint density at radius 3 is 2.93 bits per heavy atom. The lowest BCUT2D eigenvalue weighted by Gasteiger charge is -2.07. The molecule has 0 bridgehead atoms. The van der Waals surface area contributed by atoms with Gasteiger partial charge in [-0.3, -0.25) is 0 Å². The third-order valence-electron chi connectivity index (χ3n) is 1.98. The van der Waals surface area contributed by atoms with Crippen molar-refractivity contribution in [2.45, 2.75) is 13.5 Å². The Kier molecular flexibility index (Phi) is 5.61. The summed E-state index contributed by atoms with van der Waals surface area (Å²) < 4.78 is 18.5. The highest BCUT2D eigenvalue weighted by atomic mass is 35.5. The zero-order chi connectivity index (χ0) is 11.1. The Morgan fingerprint density at radius 2 is 2.27 bits per heavy atom. The minimum atomic E-state index is -0.314. The summed E-state index contributed by atoms with van der Waals surface area (Å²) in [6, 6.07) is 4.63. The second kappa shape index (κ2) is 6.77. The number of halogens is 2. The summed E-state index contributed by atoms with van der Waals surface area (Å²) in [5.74, 6) is -0.314. The van der Waals surface area contributed by atoms with E-state index in [1.165, 1.54) is 6.07 Å². The quantitative estimate of drug-likeness (QED) is 0.760. The first-order valence-electron chi connectivity index (χ1n) is 4.97. The van der Waals surface area contributed by atoms with Crippen molar-refractivity contribution in [3.05, 3.63) is 34.6 Å². The average molecular weight is 232 g/mol. The first-order valence-corrected chi connectivity index (χ1v) is 5.35. The summed E-state index contributed by atoms with van der Waals surface area (Å²) in [5, 5.41) is 3.53. The minimum Gasteiger partial charge on any atom is -0.375 e. The molecule has 1 aromatic rings. The molecule has 0 amide bonds. The van der Waals surface area contributed by atoms with Crippen molar-refractivity contribution in [2.24, 2.45) is 0 Å². The van der Waals surface area contributed by atoms with E-state index in [0.29, 0.717) is 17.2 Å². The molecule has 0 aromatic heterocycles. The van der Waals surface area contributed by atoms with Crippen LogP contribution in [0.5, 0.6) is 0 Å². The fraction of sp³-hybridized carbons (Fsp3) is 0.455. The maximum atomic E-state index is 13.2. The molecule has 0 saturated carbocycles. The first kappa shape index (κ1) is 12.4. The topological polar surface area (TPSA) is 21.3 Å². The second-order valence-electron chi connectivity index (χ2n) is 3.11. The minimum absolute atomic E-state index is 0.219. The van der Waals surface area contributed by atoms with Gasteiger partial charge in [0.1, 0.15) is 5.82 Å². The van der Waals surface area contributed by atoms with Crippen LogP contribution in [-0.2, 0) is 11.3 Å². The van der Waals surface area contributed by atoms with E-state index < -0.39 is 0 Å². The van der Waals surface area contributed by atoms with Crippen LogP contribution in [0.25, 0.3) is 0 Å². The van der Waals surface area contributed by atoms with Gasteiger partial charge in [0, 0.05) is 17.1 Å². The van der Waals surface area contributed by atoms with Crippen molar-refractivity contribution >= 4 is 11.6 Å². The molecule has 84 valence electrons. The number of ether oxygens (including phenoxy) is 1. The van der Waals surface area contributed by atoms with Crippen LogP contribution in [0.15, 0.2) is 18.2 Å². The number of likely N-dealkylation sites (N-methyl/N-ethyl adjacent to an activating group) is 1. The average Bonchev–Trinajstić information content (AvgIpc) is 2.21. The van der Waals surface area contributed by atoms with Crippen LogP contribution >= 0.6 is 11.6 Å². The Balaban J connectivity index is 2.37. The Bertz CT molecular complexity index is 286. The molecule has 1 aromatic carbocycles. The lowest BCUT2D eigenvalue weighted by Crippen LogP contribution is -2.18. The number of benzene rings is 1. The molecule has 0 aliphatic heterocycles. The normalized spacial score (nSPS) is 10.6. The number of hydrogen-bond acceptors (Lipinski definition) is 2. The van der Waals surface area contributed by atoms with Crippen LogP contribution in [0, 0.1) is 5.82 Å². The predicted octanol–water partition coefficient (Wildman–Crippen LogP) is 2.61. The Labute approximate surface area is 94.4 Å². The number of nitrogens with one attached hydrogen (secondary N) is 1. The van der Waals surface area contributed by atoms with E-state index in [2.05, 4.69) is 5.32 Å². The van der Waals surface area contributed by atoms with Gasteiger partial charge in [0.2, 0.25) is 0 Å². The number of hydrogen-bond donors (Lipinski definition) is 1. The Hall–Kier alpha value is -0.640. The summed E-state index contributed by atoms with van der Waals surface area (Å²) in [4.78, 5) is 0. The molecule has 0 spiro atoms. The van der Waals surface area contributed by atoms with Crippen molar-refractivity contribution in [1.29, 1.82) is 0 Å². The van der Waals surface area contributed by atoms with Gasteiger partial charge in [0.15, 0.2) is 0 Å². The predicted molar refractivity (Wildman–Crippen MR) is 59.6 cm³/mol. The maximum Gasteiger partial charge on any atom is 0.130 e. The molecular weight excluding hydrogens is 217 g/mol. The molecular formula is C11H15ClFNO. The third-order valence-corrected chi connectivity index (χ3v) is 2.34. The fourth-order valence-electron chi connectivity index (χ4n) is 1.17. The van der Waals surface area contributed by atoms with Gasteiger partial charge in [-0.2, -0.15) is 0 Å². The summed E-state index contributed by atoms with van der Waals surface area (Å²) in [6.45, 7) is 4.47. The molecule has 0 aliphatic carbocycles.